The quantitative estimate of drug-likeness (QED) is 0.468. The number of aliphatic imine (C=N–C) groups is 1. The van der Waals surface area contributed by atoms with Gasteiger partial charge < -0.3 is 24.9 Å². The van der Waals surface area contributed by atoms with Crippen molar-refractivity contribution in [3.63, 3.8) is 0 Å². The predicted octanol–water partition coefficient (Wildman–Crippen LogP) is 3.51. The van der Waals surface area contributed by atoms with Crippen molar-refractivity contribution in [1.29, 1.82) is 0 Å². The number of benzene rings is 1. The van der Waals surface area contributed by atoms with Crippen LogP contribution in [0.1, 0.15) is 43.9 Å². The summed E-state index contributed by atoms with van der Waals surface area (Å²) in [6.07, 6.45) is 6.39. The summed E-state index contributed by atoms with van der Waals surface area (Å²) in [5.41, 5.74) is 0.990. The third-order valence-corrected chi connectivity index (χ3v) is 5.76. The molecule has 3 N–H and O–H groups in total. The number of ether oxygens (including phenoxy) is 1. The summed E-state index contributed by atoms with van der Waals surface area (Å²) in [6, 6.07) is 11.8. The van der Waals surface area contributed by atoms with Crippen LogP contribution in [0.25, 0.3) is 0 Å². The number of guanidine groups is 1. The first-order valence-corrected chi connectivity index (χ1v) is 10.4. The van der Waals surface area contributed by atoms with Gasteiger partial charge in [-0.2, -0.15) is 0 Å². The number of hydrogen-bond donors (Lipinski definition) is 3. The number of rotatable bonds is 8. The Labute approximate surface area is 173 Å². The topological polar surface area (TPSA) is 79.0 Å². The molecule has 2 unspecified atom stereocenters. The molecule has 2 aromatic rings. The standard InChI is InChI=1S/C23H33N3O3/c1-23(13-4-3-7-21(23)27)17-26-22(24-14-12-20-6-5-15-29-20)25-16-18-8-10-19(28-2)11-9-18/h5-6,8-11,15,21,27H,3-4,7,12-14,16-17H2,1-2H3,(H2,24,25,26). The van der Waals surface area contributed by atoms with E-state index in [2.05, 4.69) is 17.6 Å². The van der Waals surface area contributed by atoms with Crippen LogP contribution in [0.4, 0.5) is 0 Å². The number of nitrogens with zero attached hydrogens (tertiary/aromatic N) is 1. The van der Waals surface area contributed by atoms with Gasteiger partial charge >= 0.3 is 0 Å². The SMILES string of the molecule is COc1ccc(CN=C(NCCc2ccco2)NCC2(C)CCCCC2O)cc1. The molecule has 1 aromatic carbocycles. The van der Waals surface area contributed by atoms with Crippen molar-refractivity contribution in [3.8, 4) is 5.75 Å². The minimum atomic E-state index is -0.269. The maximum atomic E-state index is 10.5. The van der Waals surface area contributed by atoms with E-state index in [1.807, 2.05) is 36.4 Å². The smallest absolute Gasteiger partial charge is 0.191 e. The summed E-state index contributed by atoms with van der Waals surface area (Å²) in [4.78, 5) is 4.75. The molecule has 6 nitrogen and oxygen atoms in total. The lowest BCUT2D eigenvalue weighted by molar-refractivity contribution is 0.00397. The van der Waals surface area contributed by atoms with Crippen LogP contribution < -0.4 is 15.4 Å². The Morgan fingerprint density at radius 1 is 1.24 bits per heavy atom. The molecule has 3 rings (SSSR count). The van der Waals surface area contributed by atoms with E-state index in [0.717, 1.165) is 55.3 Å². The average molecular weight is 400 g/mol. The van der Waals surface area contributed by atoms with Crippen LogP contribution in [-0.4, -0.2) is 37.4 Å². The van der Waals surface area contributed by atoms with Gasteiger partial charge in [-0.05, 0) is 42.7 Å². The number of aliphatic hydroxyl groups excluding tert-OH is 1. The lowest BCUT2D eigenvalue weighted by Crippen LogP contribution is -2.48. The summed E-state index contributed by atoms with van der Waals surface area (Å²) in [7, 11) is 1.67. The van der Waals surface area contributed by atoms with E-state index < -0.39 is 0 Å². The fraction of sp³-hybridized carbons (Fsp3) is 0.522. The molecule has 0 radical (unpaired) electrons. The summed E-state index contributed by atoms with van der Waals surface area (Å²) < 4.78 is 10.6. The highest BCUT2D eigenvalue weighted by atomic mass is 16.5. The van der Waals surface area contributed by atoms with E-state index >= 15 is 0 Å². The van der Waals surface area contributed by atoms with E-state index in [0.29, 0.717) is 13.1 Å². The van der Waals surface area contributed by atoms with Crippen molar-refractivity contribution in [2.24, 2.45) is 10.4 Å². The Morgan fingerprint density at radius 3 is 2.76 bits per heavy atom. The molecule has 1 saturated carbocycles. The average Bonchev–Trinajstić information content (AvgIpc) is 3.26. The highest BCUT2D eigenvalue weighted by Crippen LogP contribution is 2.35. The van der Waals surface area contributed by atoms with Gasteiger partial charge in [-0.15, -0.1) is 0 Å². The van der Waals surface area contributed by atoms with E-state index in [1.54, 1.807) is 13.4 Å². The molecule has 1 fully saturated rings. The van der Waals surface area contributed by atoms with Gasteiger partial charge in [0.1, 0.15) is 11.5 Å². The van der Waals surface area contributed by atoms with Gasteiger partial charge in [0.2, 0.25) is 0 Å². The molecule has 2 atom stereocenters. The van der Waals surface area contributed by atoms with Crippen LogP contribution in [0.15, 0.2) is 52.1 Å². The highest BCUT2D eigenvalue weighted by molar-refractivity contribution is 5.79. The van der Waals surface area contributed by atoms with Crippen LogP contribution >= 0.6 is 0 Å². The third-order valence-electron chi connectivity index (χ3n) is 5.76. The number of furan rings is 1. The van der Waals surface area contributed by atoms with Gasteiger partial charge in [0.05, 0.1) is 26.0 Å². The molecule has 0 saturated heterocycles. The molecule has 1 aliphatic rings. The predicted molar refractivity (Wildman–Crippen MR) is 115 cm³/mol. The Balaban J connectivity index is 1.61. The second kappa shape index (κ2) is 10.3. The summed E-state index contributed by atoms with van der Waals surface area (Å²) in [6.45, 7) is 4.15. The molecule has 158 valence electrons. The van der Waals surface area contributed by atoms with E-state index in [1.165, 1.54) is 6.42 Å². The molecule has 0 bridgehead atoms. The van der Waals surface area contributed by atoms with Crippen molar-refractivity contribution in [2.45, 2.75) is 51.7 Å². The zero-order valence-electron chi connectivity index (χ0n) is 17.5. The minimum Gasteiger partial charge on any atom is -0.497 e. The van der Waals surface area contributed by atoms with Crippen molar-refractivity contribution in [1.82, 2.24) is 10.6 Å². The maximum absolute atomic E-state index is 10.5. The first kappa shape index (κ1) is 21.2. The summed E-state index contributed by atoms with van der Waals surface area (Å²) >= 11 is 0. The monoisotopic (exact) mass is 399 g/mol. The van der Waals surface area contributed by atoms with Crippen LogP contribution in [0.5, 0.6) is 5.75 Å². The number of methoxy groups -OCH3 is 1. The Bertz CT molecular complexity index is 758. The zero-order valence-corrected chi connectivity index (χ0v) is 17.5. The molecular weight excluding hydrogens is 366 g/mol. The lowest BCUT2D eigenvalue weighted by atomic mass is 9.73. The number of aliphatic hydroxyl groups is 1. The van der Waals surface area contributed by atoms with Gasteiger partial charge in [0.15, 0.2) is 5.96 Å². The van der Waals surface area contributed by atoms with Crippen molar-refractivity contribution < 1.29 is 14.3 Å². The van der Waals surface area contributed by atoms with Gasteiger partial charge in [-0.1, -0.05) is 31.9 Å². The fourth-order valence-corrected chi connectivity index (χ4v) is 3.71. The van der Waals surface area contributed by atoms with Gasteiger partial charge in [-0.25, -0.2) is 4.99 Å². The highest BCUT2D eigenvalue weighted by Gasteiger charge is 2.35. The third kappa shape index (κ3) is 6.26. The normalized spacial score (nSPS) is 22.3. The lowest BCUT2D eigenvalue weighted by Gasteiger charge is -2.38. The minimum absolute atomic E-state index is 0.123. The largest absolute Gasteiger partial charge is 0.497 e. The second-order valence-corrected chi connectivity index (χ2v) is 8.04. The molecule has 0 spiro atoms. The van der Waals surface area contributed by atoms with Crippen molar-refractivity contribution >= 4 is 5.96 Å². The van der Waals surface area contributed by atoms with Crippen LogP contribution in [0.3, 0.4) is 0 Å². The van der Waals surface area contributed by atoms with Crippen LogP contribution in [0, 0.1) is 5.41 Å². The molecular formula is C23H33N3O3. The zero-order chi connectivity index (χ0) is 20.5. The molecule has 0 amide bonds. The first-order valence-electron chi connectivity index (χ1n) is 10.4. The maximum Gasteiger partial charge on any atom is 0.191 e. The fourth-order valence-electron chi connectivity index (χ4n) is 3.71. The number of hydrogen-bond acceptors (Lipinski definition) is 4. The Hall–Kier alpha value is -2.47. The number of nitrogens with one attached hydrogen (secondary N) is 2. The van der Waals surface area contributed by atoms with E-state index in [9.17, 15) is 5.11 Å². The van der Waals surface area contributed by atoms with Gasteiger partial charge in [0.25, 0.3) is 0 Å². The van der Waals surface area contributed by atoms with Gasteiger partial charge in [-0.3, -0.25) is 0 Å². The Kier molecular flexibility index (Phi) is 7.58. The van der Waals surface area contributed by atoms with Crippen molar-refractivity contribution in [2.75, 3.05) is 20.2 Å². The molecule has 1 aromatic heterocycles. The molecule has 6 heteroatoms. The van der Waals surface area contributed by atoms with E-state index in [-0.39, 0.29) is 11.5 Å². The molecule has 1 heterocycles. The molecule has 0 aliphatic heterocycles. The summed E-state index contributed by atoms with van der Waals surface area (Å²) in [5, 5.41) is 17.3. The second-order valence-electron chi connectivity index (χ2n) is 8.04. The molecule has 1 aliphatic carbocycles. The Morgan fingerprint density at radius 2 is 2.07 bits per heavy atom. The van der Waals surface area contributed by atoms with Crippen LogP contribution in [-0.2, 0) is 13.0 Å². The van der Waals surface area contributed by atoms with E-state index in [4.69, 9.17) is 14.1 Å². The summed E-state index contributed by atoms with van der Waals surface area (Å²) in [5.74, 6) is 2.54. The first-order chi connectivity index (χ1) is 14.1. The van der Waals surface area contributed by atoms with Crippen molar-refractivity contribution in [3.05, 3.63) is 54.0 Å². The van der Waals surface area contributed by atoms with Crippen LogP contribution in [0.2, 0.25) is 0 Å². The van der Waals surface area contributed by atoms with Gasteiger partial charge in [0, 0.05) is 24.9 Å². The molecule has 29 heavy (non-hydrogen) atoms.